The highest BCUT2D eigenvalue weighted by Crippen LogP contribution is 2.20. The Morgan fingerprint density at radius 3 is 1.71 bits per heavy atom. The van der Waals surface area contributed by atoms with E-state index in [0.29, 0.717) is 0 Å². The summed E-state index contributed by atoms with van der Waals surface area (Å²) in [5.74, 6) is 0. The van der Waals surface area contributed by atoms with Gasteiger partial charge in [-0.2, -0.15) is 9.78 Å². The molecule has 84 valence electrons. The average molecular weight is 200 g/mol. The normalized spacial score (nSPS) is 16.1. The summed E-state index contributed by atoms with van der Waals surface area (Å²) in [6.45, 7) is 2.27. The molecule has 0 saturated carbocycles. The van der Waals surface area contributed by atoms with E-state index >= 15 is 0 Å². The molecule has 0 spiro atoms. The van der Waals surface area contributed by atoms with Crippen LogP contribution in [0.25, 0.3) is 0 Å². The summed E-state index contributed by atoms with van der Waals surface area (Å²) in [7, 11) is 0. The van der Waals surface area contributed by atoms with E-state index in [1.54, 1.807) is 0 Å². The Morgan fingerprint density at radius 1 is 0.714 bits per heavy atom. The Balaban J connectivity index is 1.63. The van der Waals surface area contributed by atoms with Crippen LogP contribution in [0.3, 0.4) is 0 Å². The topological polar surface area (TPSA) is 25.1 Å². The third kappa shape index (κ3) is 7.34. The lowest BCUT2D eigenvalue weighted by Crippen LogP contribution is -1.85. The minimum absolute atomic E-state index is 0.152. The van der Waals surface area contributed by atoms with Gasteiger partial charge >= 0.3 is 0 Å². The van der Waals surface area contributed by atoms with Crippen LogP contribution in [0.1, 0.15) is 71.1 Å². The van der Waals surface area contributed by atoms with E-state index in [9.17, 15) is 0 Å². The van der Waals surface area contributed by atoms with Gasteiger partial charge < -0.3 is 0 Å². The molecule has 0 aromatic carbocycles. The van der Waals surface area contributed by atoms with Crippen molar-refractivity contribution in [2.45, 2.75) is 77.4 Å². The molecule has 0 aromatic heterocycles. The van der Waals surface area contributed by atoms with Gasteiger partial charge in [-0.1, -0.05) is 58.3 Å². The smallest absolute Gasteiger partial charge is 0.199 e. The third-order valence-corrected chi connectivity index (χ3v) is 2.78. The fourth-order valence-electron chi connectivity index (χ4n) is 1.76. The summed E-state index contributed by atoms with van der Waals surface area (Å²) in [5, 5.41) is 0. The maximum atomic E-state index is 4.68. The largest absolute Gasteiger partial charge is 0.224 e. The van der Waals surface area contributed by atoms with Gasteiger partial charge in [0.25, 0.3) is 0 Å². The fourth-order valence-corrected chi connectivity index (χ4v) is 1.76. The maximum absolute atomic E-state index is 4.68. The Bertz CT molecular complexity index is 121. The van der Waals surface area contributed by atoms with Gasteiger partial charge in [0.15, 0.2) is 0 Å². The summed E-state index contributed by atoms with van der Waals surface area (Å²) in [5.41, 5.74) is 0. The molecule has 0 N–H and O–H groups in total. The first kappa shape index (κ1) is 12.0. The molecule has 1 saturated heterocycles. The molecule has 1 rings (SSSR count). The third-order valence-electron chi connectivity index (χ3n) is 2.78. The van der Waals surface area contributed by atoms with Gasteiger partial charge in [-0.3, -0.25) is 0 Å². The SMILES string of the molecule is CCCCCCCCCCCC1OO1. The predicted molar refractivity (Wildman–Crippen MR) is 57.8 cm³/mol. The minimum atomic E-state index is 0.152. The Morgan fingerprint density at radius 2 is 1.21 bits per heavy atom. The van der Waals surface area contributed by atoms with Gasteiger partial charge in [0.1, 0.15) is 0 Å². The van der Waals surface area contributed by atoms with Crippen LogP contribution in [0.5, 0.6) is 0 Å². The van der Waals surface area contributed by atoms with Gasteiger partial charge in [-0.15, -0.1) is 0 Å². The van der Waals surface area contributed by atoms with Crippen LogP contribution < -0.4 is 0 Å². The summed E-state index contributed by atoms with van der Waals surface area (Å²) < 4.78 is 0. The molecular weight excluding hydrogens is 176 g/mol. The van der Waals surface area contributed by atoms with Gasteiger partial charge in [-0.25, -0.2) is 0 Å². The zero-order valence-corrected chi connectivity index (χ0v) is 9.46. The molecular formula is C12H24O2. The Hall–Kier alpha value is -0.0800. The second-order valence-electron chi connectivity index (χ2n) is 4.24. The first-order valence-corrected chi connectivity index (χ1v) is 6.25. The highest BCUT2D eigenvalue weighted by molar-refractivity contribution is 4.51. The van der Waals surface area contributed by atoms with Crippen LogP contribution >= 0.6 is 0 Å². The first-order chi connectivity index (χ1) is 6.93. The van der Waals surface area contributed by atoms with Crippen LogP contribution in [-0.2, 0) is 9.78 Å². The van der Waals surface area contributed by atoms with Crippen molar-refractivity contribution in [1.82, 2.24) is 0 Å². The standard InChI is InChI=1S/C12H24O2/c1-2-3-4-5-6-7-8-9-10-11-12-13-14-12/h12H,2-11H2,1H3. The molecule has 0 aromatic rings. The van der Waals surface area contributed by atoms with E-state index in [-0.39, 0.29) is 6.29 Å². The zero-order chi connectivity index (χ0) is 10.1. The van der Waals surface area contributed by atoms with Crippen molar-refractivity contribution in [3.8, 4) is 0 Å². The summed E-state index contributed by atoms with van der Waals surface area (Å²) in [4.78, 5) is 9.36. The highest BCUT2D eigenvalue weighted by Gasteiger charge is 2.24. The van der Waals surface area contributed by atoms with Gasteiger partial charge in [-0.05, 0) is 6.42 Å². The number of hydrogen-bond acceptors (Lipinski definition) is 2. The lowest BCUT2D eigenvalue weighted by atomic mass is 10.1. The second-order valence-corrected chi connectivity index (χ2v) is 4.24. The molecule has 1 heterocycles. The van der Waals surface area contributed by atoms with E-state index in [1.807, 2.05) is 0 Å². The summed E-state index contributed by atoms with van der Waals surface area (Å²) in [6.07, 6.45) is 13.7. The van der Waals surface area contributed by atoms with Crippen molar-refractivity contribution in [3.63, 3.8) is 0 Å². The van der Waals surface area contributed by atoms with E-state index in [4.69, 9.17) is 0 Å². The van der Waals surface area contributed by atoms with Crippen molar-refractivity contribution in [2.24, 2.45) is 0 Å². The fraction of sp³-hybridized carbons (Fsp3) is 1.00. The molecule has 0 unspecified atom stereocenters. The number of unbranched alkanes of at least 4 members (excludes halogenated alkanes) is 8. The Labute approximate surface area is 87.9 Å². The van der Waals surface area contributed by atoms with E-state index in [2.05, 4.69) is 16.7 Å². The molecule has 0 aliphatic carbocycles. The maximum Gasteiger partial charge on any atom is 0.224 e. The van der Waals surface area contributed by atoms with E-state index in [0.717, 1.165) is 6.42 Å². The average Bonchev–Trinajstić information content (AvgIpc) is 2.99. The van der Waals surface area contributed by atoms with Crippen molar-refractivity contribution in [2.75, 3.05) is 0 Å². The van der Waals surface area contributed by atoms with Crippen LogP contribution in [0.4, 0.5) is 0 Å². The van der Waals surface area contributed by atoms with Crippen LogP contribution in [0, 0.1) is 0 Å². The molecule has 1 fully saturated rings. The van der Waals surface area contributed by atoms with Crippen molar-refractivity contribution in [3.05, 3.63) is 0 Å². The lowest BCUT2D eigenvalue weighted by Gasteiger charge is -2.00. The van der Waals surface area contributed by atoms with Crippen molar-refractivity contribution >= 4 is 0 Å². The van der Waals surface area contributed by atoms with Crippen molar-refractivity contribution in [1.29, 1.82) is 0 Å². The molecule has 0 amide bonds. The minimum Gasteiger partial charge on any atom is -0.199 e. The molecule has 14 heavy (non-hydrogen) atoms. The highest BCUT2D eigenvalue weighted by atomic mass is 17.4. The molecule has 1 aliphatic heterocycles. The zero-order valence-electron chi connectivity index (χ0n) is 9.46. The molecule has 1 aliphatic rings. The lowest BCUT2D eigenvalue weighted by molar-refractivity contribution is 0.0850. The van der Waals surface area contributed by atoms with Crippen LogP contribution in [0.2, 0.25) is 0 Å². The molecule has 0 radical (unpaired) electrons. The predicted octanol–water partition coefficient (Wildman–Crippen LogP) is 4.20. The summed E-state index contributed by atoms with van der Waals surface area (Å²) >= 11 is 0. The molecule has 2 nitrogen and oxygen atoms in total. The second kappa shape index (κ2) is 8.25. The summed E-state index contributed by atoms with van der Waals surface area (Å²) in [6, 6.07) is 0. The van der Waals surface area contributed by atoms with Crippen molar-refractivity contribution < 1.29 is 9.78 Å². The molecule has 0 atom stereocenters. The van der Waals surface area contributed by atoms with E-state index in [1.165, 1.54) is 57.8 Å². The van der Waals surface area contributed by atoms with Crippen LogP contribution in [0.15, 0.2) is 0 Å². The van der Waals surface area contributed by atoms with E-state index < -0.39 is 0 Å². The monoisotopic (exact) mass is 200 g/mol. The van der Waals surface area contributed by atoms with Gasteiger partial charge in [0.05, 0.1) is 0 Å². The van der Waals surface area contributed by atoms with Gasteiger partial charge in [0, 0.05) is 6.42 Å². The molecule has 0 bridgehead atoms. The first-order valence-electron chi connectivity index (χ1n) is 6.25. The number of rotatable bonds is 10. The quantitative estimate of drug-likeness (QED) is 0.300. The molecule has 2 heteroatoms. The Kier molecular flexibility index (Phi) is 7.06. The van der Waals surface area contributed by atoms with Crippen LogP contribution in [-0.4, -0.2) is 6.29 Å². The van der Waals surface area contributed by atoms with Gasteiger partial charge in [0.2, 0.25) is 6.29 Å². The number of hydrogen-bond donors (Lipinski definition) is 0.